The van der Waals surface area contributed by atoms with Crippen LogP contribution in [0.15, 0.2) is 0 Å². The molecule has 96 valence electrons. The minimum absolute atomic E-state index is 2.02. The molecule has 1 fully saturated rings. The number of hydrogen-bond donors (Lipinski definition) is 7. The molecule has 0 aromatic heterocycles. The van der Waals surface area contributed by atoms with Gasteiger partial charge in [0.25, 0.3) is 0 Å². The predicted octanol–water partition coefficient (Wildman–Crippen LogP) is -3.72. The number of aliphatic hydroxyl groups excluding tert-OH is 4. The second-order valence-corrected chi connectivity index (χ2v) is 4.55. The maximum atomic E-state index is 10.6. The molecular formula is C6H13O9P. The van der Waals surface area contributed by atoms with Crippen LogP contribution in [0.25, 0.3) is 0 Å². The Balaban J connectivity index is 3.04. The number of hydrogen-bond acceptors (Lipinski definition) is 7. The molecule has 0 unspecified atom stereocenters. The first-order valence-corrected chi connectivity index (χ1v) is 5.70. The molecule has 6 atom stereocenters. The van der Waals surface area contributed by atoms with Crippen molar-refractivity contribution in [3.05, 3.63) is 0 Å². The maximum absolute atomic E-state index is 10.6. The van der Waals surface area contributed by atoms with Crippen LogP contribution in [0.1, 0.15) is 1.37 Å². The summed E-state index contributed by atoms with van der Waals surface area (Å²) < 4.78 is 21.7. The van der Waals surface area contributed by atoms with Gasteiger partial charge >= 0.3 is 7.82 Å². The number of phosphoric ester groups is 1. The fraction of sp³-hybridized carbons (Fsp3) is 1.00. The van der Waals surface area contributed by atoms with E-state index in [1.54, 1.807) is 0 Å². The van der Waals surface area contributed by atoms with Gasteiger partial charge in [-0.15, -0.1) is 0 Å². The van der Waals surface area contributed by atoms with Gasteiger partial charge in [-0.05, 0) is 0 Å². The normalized spacial score (nSPS) is 51.2. The van der Waals surface area contributed by atoms with Crippen LogP contribution in [0.4, 0.5) is 0 Å². The van der Waals surface area contributed by atoms with Crippen molar-refractivity contribution in [1.29, 1.82) is 0 Å². The number of phosphoric acid groups is 1. The Morgan fingerprint density at radius 2 is 1.38 bits per heavy atom. The minimum Gasteiger partial charge on any atom is -0.387 e. The molecule has 0 saturated heterocycles. The SMILES string of the molecule is [3H][C@@]1(O)[C@H](O)[C@@H](O)[C@H](O)[C@@H](O)[C@@H]1OP(=O)(O)O. The number of aliphatic hydroxyl groups is 5. The van der Waals surface area contributed by atoms with Gasteiger partial charge < -0.3 is 35.3 Å². The second-order valence-electron chi connectivity index (χ2n) is 3.36. The van der Waals surface area contributed by atoms with Crippen molar-refractivity contribution >= 4 is 7.82 Å². The van der Waals surface area contributed by atoms with Crippen LogP contribution >= 0.6 is 7.82 Å². The lowest BCUT2D eigenvalue weighted by atomic mass is 9.85. The van der Waals surface area contributed by atoms with E-state index in [1.165, 1.54) is 0 Å². The van der Waals surface area contributed by atoms with E-state index in [9.17, 15) is 30.1 Å². The van der Waals surface area contributed by atoms with E-state index in [4.69, 9.17) is 11.2 Å². The average Bonchev–Trinajstić information content (AvgIpc) is 2.18. The molecule has 7 N–H and O–H groups in total. The lowest BCUT2D eigenvalue weighted by Crippen LogP contribution is -2.64. The molecule has 1 saturated carbocycles. The van der Waals surface area contributed by atoms with E-state index in [-0.39, 0.29) is 0 Å². The Labute approximate surface area is 91.2 Å². The fourth-order valence-corrected chi connectivity index (χ4v) is 1.88. The summed E-state index contributed by atoms with van der Waals surface area (Å²) in [5, 5.41) is 46.5. The zero-order valence-electron chi connectivity index (χ0n) is 8.78. The minimum atomic E-state index is -5.17. The monoisotopic (exact) mass is 262 g/mol. The summed E-state index contributed by atoms with van der Waals surface area (Å²) in [6.45, 7) is 0. The quantitative estimate of drug-likeness (QED) is 0.247. The van der Waals surface area contributed by atoms with Gasteiger partial charge in [0.05, 0.1) is 1.37 Å². The zero-order valence-corrected chi connectivity index (χ0v) is 8.68. The summed E-state index contributed by atoms with van der Waals surface area (Å²) in [7, 11) is -5.17. The summed E-state index contributed by atoms with van der Waals surface area (Å²) in [6.07, 6.45) is -13.9. The van der Waals surface area contributed by atoms with Crippen LogP contribution in [0, 0.1) is 0 Å². The molecule has 0 bridgehead atoms. The molecule has 16 heavy (non-hydrogen) atoms. The second kappa shape index (κ2) is 4.65. The lowest BCUT2D eigenvalue weighted by Gasteiger charge is -2.41. The molecule has 0 heterocycles. The summed E-state index contributed by atoms with van der Waals surface area (Å²) in [6, 6.07) is 0. The van der Waals surface area contributed by atoms with Crippen molar-refractivity contribution in [2.45, 2.75) is 36.6 Å². The topological polar surface area (TPSA) is 168 Å². The molecule has 0 amide bonds. The first-order valence-electron chi connectivity index (χ1n) is 4.67. The summed E-state index contributed by atoms with van der Waals surface area (Å²) in [4.78, 5) is 17.0. The third-order valence-corrected chi connectivity index (χ3v) is 2.68. The van der Waals surface area contributed by atoms with Crippen molar-refractivity contribution in [2.24, 2.45) is 0 Å². The van der Waals surface area contributed by atoms with Gasteiger partial charge in [0, 0.05) is 0 Å². The van der Waals surface area contributed by atoms with E-state index in [0.717, 1.165) is 0 Å². The van der Waals surface area contributed by atoms with Crippen LogP contribution in [0.2, 0.25) is 0 Å². The maximum Gasteiger partial charge on any atom is 0.470 e. The van der Waals surface area contributed by atoms with Crippen LogP contribution in [-0.4, -0.2) is 71.9 Å². The van der Waals surface area contributed by atoms with Gasteiger partial charge in [-0.2, -0.15) is 0 Å². The molecule has 1 aliphatic rings. The van der Waals surface area contributed by atoms with E-state index in [2.05, 4.69) is 4.52 Å². The van der Waals surface area contributed by atoms with Gasteiger partial charge in [-0.3, -0.25) is 4.52 Å². The highest BCUT2D eigenvalue weighted by atomic mass is 31.2. The highest BCUT2D eigenvalue weighted by molar-refractivity contribution is 7.46. The smallest absolute Gasteiger partial charge is 0.387 e. The summed E-state index contributed by atoms with van der Waals surface area (Å²) in [5.74, 6) is 0. The summed E-state index contributed by atoms with van der Waals surface area (Å²) >= 11 is 0. The molecule has 0 aliphatic heterocycles. The third kappa shape index (κ3) is 2.77. The molecular weight excluding hydrogens is 247 g/mol. The van der Waals surface area contributed by atoms with Gasteiger partial charge in [-0.1, -0.05) is 0 Å². The van der Waals surface area contributed by atoms with Crippen molar-refractivity contribution in [1.82, 2.24) is 0 Å². The molecule has 0 radical (unpaired) electrons. The fourth-order valence-electron chi connectivity index (χ4n) is 1.35. The Hall–Kier alpha value is -0.0900. The lowest BCUT2D eigenvalue weighted by molar-refractivity contribution is -0.219. The molecule has 9 nitrogen and oxygen atoms in total. The largest absolute Gasteiger partial charge is 0.470 e. The molecule has 0 aromatic carbocycles. The molecule has 1 aliphatic carbocycles. The van der Waals surface area contributed by atoms with Crippen molar-refractivity contribution < 1.29 is 45.8 Å². The van der Waals surface area contributed by atoms with Crippen molar-refractivity contribution in [2.75, 3.05) is 0 Å². The highest BCUT2D eigenvalue weighted by Gasteiger charge is 2.50. The van der Waals surface area contributed by atoms with Crippen molar-refractivity contribution in [3.63, 3.8) is 0 Å². The molecule has 10 heteroatoms. The van der Waals surface area contributed by atoms with Crippen LogP contribution in [0.5, 0.6) is 0 Å². The Bertz CT molecular complexity index is 329. The van der Waals surface area contributed by atoms with E-state index in [1.807, 2.05) is 0 Å². The highest BCUT2D eigenvalue weighted by Crippen LogP contribution is 2.41. The Morgan fingerprint density at radius 3 is 1.81 bits per heavy atom. The van der Waals surface area contributed by atoms with E-state index < -0.39 is 44.4 Å². The van der Waals surface area contributed by atoms with Gasteiger partial charge in [0.15, 0.2) is 0 Å². The Morgan fingerprint density at radius 1 is 0.938 bits per heavy atom. The van der Waals surface area contributed by atoms with Gasteiger partial charge in [0.2, 0.25) is 0 Å². The van der Waals surface area contributed by atoms with Gasteiger partial charge in [0.1, 0.15) is 36.6 Å². The van der Waals surface area contributed by atoms with Crippen LogP contribution < -0.4 is 0 Å². The standard InChI is InChI=1S/C6H13O9P/c7-1-2(8)4(10)6(5(11)3(1)9)15-16(12,13)14/h1-11H,(H2,12,13,14)/t1-,2-,3+,4-,5-,6-/m1/s1/i4T. The molecule has 1 rings (SSSR count). The van der Waals surface area contributed by atoms with Crippen molar-refractivity contribution in [3.8, 4) is 0 Å². The van der Waals surface area contributed by atoms with Gasteiger partial charge in [-0.25, -0.2) is 4.57 Å². The number of rotatable bonds is 2. The van der Waals surface area contributed by atoms with Crippen LogP contribution in [-0.2, 0) is 9.09 Å². The first kappa shape index (κ1) is 12.4. The molecule has 0 spiro atoms. The molecule has 0 aromatic rings. The van der Waals surface area contributed by atoms with E-state index >= 15 is 0 Å². The predicted molar refractivity (Wildman–Crippen MR) is 47.0 cm³/mol. The zero-order chi connectivity index (χ0) is 13.6. The van der Waals surface area contributed by atoms with Crippen LogP contribution in [0.3, 0.4) is 0 Å². The average molecular weight is 262 g/mol. The van der Waals surface area contributed by atoms with E-state index in [0.29, 0.717) is 0 Å². The first-order chi connectivity index (χ1) is 7.48. The Kier molecular flexibility index (Phi) is 3.59. The third-order valence-electron chi connectivity index (χ3n) is 2.18. The summed E-state index contributed by atoms with van der Waals surface area (Å²) in [5.41, 5.74) is 0.